The van der Waals surface area contributed by atoms with Crippen molar-refractivity contribution in [3.63, 3.8) is 0 Å². The molecule has 0 fully saturated rings. The monoisotopic (exact) mass is 520 g/mol. The van der Waals surface area contributed by atoms with E-state index in [4.69, 9.17) is 18.9 Å². The maximum Gasteiger partial charge on any atom is 0.338 e. The molecule has 0 spiro atoms. The maximum atomic E-state index is 12.6. The molecule has 0 aliphatic heterocycles. The Balaban J connectivity index is 2.14. The number of hydrogen-bond donors (Lipinski definition) is 0. The summed E-state index contributed by atoms with van der Waals surface area (Å²) in [7, 11) is 0. The third kappa shape index (κ3) is 9.48. The normalized spacial score (nSPS) is 10.9. The van der Waals surface area contributed by atoms with Gasteiger partial charge in [-0.15, -0.1) is 0 Å². The first kappa shape index (κ1) is 27.4. The van der Waals surface area contributed by atoms with Crippen LogP contribution in [0.25, 0.3) is 11.1 Å². The number of halogens is 1. The molecule has 0 radical (unpaired) electrons. The summed E-state index contributed by atoms with van der Waals surface area (Å²) in [4.78, 5) is 12.6. The minimum atomic E-state index is -0.379. The van der Waals surface area contributed by atoms with Crippen LogP contribution in [0.2, 0.25) is 0 Å². The van der Waals surface area contributed by atoms with Crippen molar-refractivity contribution in [1.29, 1.82) is 0 Å². The fourth-order valence-electron chi connectivity index (χ4n) is 3.29. The van der Waals surface area contributed by atoms with E-state index in [1.54, 1.807) is 12.1 Å². The van der Waals surface area contributed by atoms with Gasteiger partial charge in [0.2, 0.25) is 0 Å². The standard InChI is InChI=1S/C27H37BrO5/c1-4-7-13-30-15-17-32-26-20-22(27(29)33-18-16-31-14-8-5-2)9-11-25(26)24-12-10-23(28)19-21(24)6-3/h9-12,19-20H,4-8,13-18H2,1-3H3. The van der Waals surface area contributed by atoms with Gasteiger partial charge in [-0.2, -0.15) is 0 Å². The largest absolute Gasteiger partial charge is 0.491 e. The molecule has 0 aliphatic rings. The van der Waals surface area contributed by atoms with Gasteiger partial charge in [0.15, 0.2) is 0 Å². The fourth-order valence-corrected chi connectivity index (χ4v) is 3.70. The number of benzene rings is 2. The van der Waals surface area contributed by atoms with Crippen LogP contribution in [0.3, 0.4) is 0 Å². The molecule has 2 aromatic carbocycles. The summed E-state index contributed by atoms with van der Waals surface area (Å²) in [6, 6.07) is 11.7. The number of hydrogen-bond acceptors (Lipinski definition) is 5. The maximum absolute atomic E-state index is 12.6. The van der Waals surface area contributed by atoms with Crippen molar-refractivity contribution in [1.82, 2.24) is 0 Å². The summed E-state index contributed by atoms with van der Waals surface area (Å²) < 4.78 is 23.6. The summed E-state index contributed by atoms with van der Waals surface area (Å²) >= 11 is 3.56. The summed E-state index contributed by atoms with van der Waals surface area (Å²) in [5.74, 6) is 0.274. The Morgan fingerprint density at radius 2 is 1.45 bits per heavy atom. The molecule has 6 heteroatoms. The summed E-state index contributed by atoms with van der Waals surface area (Å²) in [5.41, 5.74) is 3.71. The van der Waals surface area contributed by atoms with Crippen molar-refractivity contribution >= 4 is 21.9 Å². The molecule has 182 valence electrons. The lowest BCUT2D eigenvalue weighted by Crippen LogP contribution is -2.12. The second-order valence-electron chi connectivity index (χ2n) is 7.78. The Labute approximate surface area is 206 Å². The van der Waals surface area contributed by atoms with E-state index >= 15 is 0 Å². The van der Waals surface area contributed by atoms with Gasteiger partial charge in [0, 0.05) is 23.2 Å². The van der Waals surface area contributed by atoms with E-state index in [9.17, 15) is 4.79 Å². The number of esters is 1. The van der Waals surface area contributed by atoms with Crippen LogP contribution in [0, 0.1) is 0 Å². The molecule has 0 aromatic heterocycles. The third-order valence-corrected chi connectivity index (χ3v) is 5.68. The molecule has 0 amide bonds. The van der Waals surface area contributed by atoms with Crippen LogP contribution >= 0.6 is 15.9 Å². The lowest BCUT2D eigenvalue weighted by Gasteiger charge is -2.16. The summed E-state index contributed by atoms with van der Waals surface area (Å²) in [6.07, 6.45) is 5.11. The Kier molecular flexibility index (Phi) is 13.1. The van der Waals surface area contributed by atoms with Crippen LogP contribution in [0.15, 0.2) is 40.9 Å². The van der Waals surface area contributed by atoms with Crippen LogP contribution < -0.4 is 4.74 Å². The Morgan fingerprint density at radius 3 is 2.12 bits per heavy atom. The highest BCUT2D eigenvalue weighted by molar-refractivity contribution is 9.10. The quantitative estimate of drug-likeness (QED) is 0.179. The van der Waals surface area contributed by atoms with Crippen molar-refractivity contribution in [3.8, 4) is 16.9 Å². The highest BCUT2D eigenvalue weighted by atomic mass is 79.9. The predicted molar refractivity (Wildman–Crippen MR) is 136 cm³/mol. The molecule has 0 N–H and O–H groups in total. The number of ether oxygens (including phenoxy) is 4. The van der Waals surface area contributed by atoms with Gasteiger partial charge < -0.3 is 18.9 Å². The molecular weight excluding hydrogens is 484 g/mol. The molecule has 2 aromatic rings. The van der Waals surface area contributed by atoms with E-state index in [-0.39, 0.29) is 12.6 Å². The Morgan fingerprint density at radius 1 is 0.788 bits per heavy atom. The average molecular weight is 521 g/mol. The van der Waals surface area contributed by atoms with E-state index in [1.807, 2.05) is 12.1 Å². The lowest BCUT2D eigenvalue weighted by atomic mass is 9.96. The lowest BCUT2D eigenvalue weighted by molar-refractivity contribution is 0.0313. The number of carbonyl (C=O) groups excluding carboxylic acids is 1. The van der Waals surface area contributed by atoms with Crippen molar-refractivity contribution < 1.29 is 23.7 Å². The van der Waals surface area contributed by atoms with Crippen LogP contribution in [-0.4, -0.2) is 45.6 Å². The average Bonchev–Trinajstić information content (AvgIpc) is 2.83. The van der Waals surface area contributed by atoms with Crippen molar-refractivity contribution in [3.05, 3.63) is 52.0 Å². The van der Waals surface area contributed by atoms with Gasteiger partial charge in [-0.1, -0.05) is 55.6 Å². The first-order chi connectivity index (χ1) is 16.1. The molecule has 0 bridgehead atoms. The van der Waals surface area contributed by atoms with Crippen LogP contribution in [-0.2, 0) is 20.6 Å². The molecule has 0 saturated heterocycles. The molecule has 0 atom stereocenters. The zero-order chi connectivity index (χ0) is 23.9. The van der Waals surface area contributed by atoms with Gasteiger partial charge in [0.1, 0.15) is 19.0 Å². The second-order valence-corrected chi connectivity index (χ2v) is 8.70. The van der Waals surface area contributed by atoms with Crippen molar-refractivity contribution in [2.75, 3.05) is 39.6 Å². The number of carbonyl (C=O) groups is 1. The van der Waals surface area contributed by atoms with E-state index in [2.05, 4.69) is 48.8 Å². The van der Waals surface area contributed by atoms with E-state index in [0.29, 0.717) is 37.7 Å². The summed E-state index contributed by atoms with van der Waals surface area (Å²) in [6.45, 7) is 9.35. The first-order valence-corrected chi connectivity index (χ1v) is 12.8. The number of unbranched alkanes of at least 4 members (excludes halogenated alkanes) is 2. The molecule has 0 unspecified atom stereocenters. The molecule has 0 saturated carbocycles. The second kappa shape index (κ2) is 15.9. The molecule has 0 heterocycles. The number of aryl methyl sites for hydroxylation is 1. The molecular formula is C27H37BrO5. The first-order valence-electron chi connectivity index (χ1n) is 12.0. The highest BCUT2D eigenvalue weighted by Crippen LogP contribution is 2.35. The van der Waals surface area contributed by atoms with Gasteiger partial charge in [-0.05, 0) is 60.7 Å². The minimum Gasteiger partial charge on any atom is -0.491 e. The molecule has 2 rings (SSSR count). The van der Waals surface area contributed by atoms with Gasteiger partial charge >= 0.3 is 5.97 Å². The van der Waals surface area contributed by atoms with Gasteiger partial charge in [0.25, 0.3) is 0 Å². The third-order valence-electron chi connectivity index (χ3n) is 5.19. The van der Waals surface area contributed by atoms with Gasteiger partial charge in [-0.3, -0.25) is 0 Å². The fraction of sp³-hybridized carbons (Fsp3) is 0.519. The van der Waals surface area contributed by atoms with Crippen molar-refractivity contribution in [2.24, 2.45) is 0 Å². The molecule has 33 heavy (non-hydrogen) atoms. The SMILES string of the molecule is CCCCOCCOC(=O)c1ccc(-c2ccc(Br)cc2CC)c(OCCOCCCC)c1. The Bertz CT molecular complexity index is 852. The predicted octanol–water partition coefficient (Wildman–Crippen LogP) is 6.85. The van der Waals surface area contributed by atoms with Crippen LogP contribution in [0.5, 0.6) is 5.75 Å². The van der Waals surface area contributed by atoms with Crippen LogP contribution in [0.1, 0.15) is 62.4 Å². The zero-order valence-corrected chi connectivity index (χ0v) is 21.7. The topological polar surface area (TPSA) is 54.0 Å². The molecule has 5 nitrogen and oxygen atoms in total. The highest BCUT2D eigenvalue weighted by Gasteiger charge is 2.15. The van der Waals surface area contributed by atoms with E-state index in [0.717, 1.165) is 54.3 Å². The van der Waals surface area contributed by atoms with Gasteiger partial charge in [-0.25, -0.2) is 4.79 Å². The van der Waals surface area contributed by atoms with E-state index in [1.165, 1.54) is 5.56 Å². The van der Waals surface area contributed by atoms with Crippen molar-refractivity contribution in [2.45, 2.75) is 52.9 Å². The minimum absolute atomic E-state index is 0.235. The van der Waals surface area contributed by atoms with Crippen LogP contribution in [0.4, 0.5) is 0 Å². The molecule has 0 aliphatic carbocycles. The van der Waals surface area contributed by atoms with E-state index < -0.39 is 0 Å². The summed E-state index contributed by atoms with van der Waals surface area (Å²) in [5, 5.41) is 0. The van der Waals surface area contributed by atoms with Gasteiger partial charge in [0.05, 0.1) is 18.8 Å². The smallest absolute Gasteiger partial charge is 0.338 e. The zero-order valence-electron chi connectivity index (χ0n) is 20.2. The Hall–Kier alpha value is -1.89. The number of rotatable bonds is 16.